The number of hydroxylamine groups is 2. The summed E-state index contributed by atoms with van der Waals surface area (Å²) in [5.74, 6) is -0.339. The molecule has 144 valence electrons. The molecule has 0 radical (unpaired) electrons. The quantitative estimate of drug-likeness (QED) is 0.795. The molecule has 1 unspecified atom stereocenters. The van der Waals surface area contributed by atoms with E-state index in [4.69, 9.17) is 9.57 Å². The van der Waals surface area contributed by atoms with E-state index >= 15 is 0 Å². The Hall–Kier alpha value is -2.13. The summed E-state index contributed by atoms with van der Waals surface area (Å²) in [6.45, 7) is 7.71. The van der Waals surface area contributed by atoms with Crippen molar-refractivity contribution in [1.29, 1.82) is 0 Å². The molecular formula is C17H26N4O5. The van der Waals surface area contributed by atoms with Gasteiger partial charge < -0.3 is 14.7 Å². The van der Waals surface area contributed by atoms with Crippen LogP contribution in [0, 0.1) is 0 Å². The van der Waals surface area contributed by atoms with E-state index in [1.54, 1.807) is 9.58 Å². The molecule has 26 heavy (non-hydrogen) atoms. The summed E-state index contributed by atoms with van der Waals surface area (Å²) in [5, 5.41) is 15.1. The number of aliphatic hydroxyl groups is 1. The molecule has 1 aromatic rings. The Labute approximate surface area is 152 Å². The molecule has 0 saturated carbocycles. The van der Waals surface area contributed by atoms with Crippen molar-refractivity contribution in [1.82, 2.24) is 19.7 Å². The van der Waals surface area contributed by atoms with Gasteiger partial charge in [-0.3, -0.25) is 14.3 Å². The summed E-state index contributed by atoms with van der Waals surface area (Å²) in [6.07, 6.45) is -0.420. The van der Waals surface area contributed by atoms with Crippen LogP contribution < -0.4 is 0 Å². The molecule has 2 atom stereocenters. The zero-order valence-electron chi connectivity index (χ0n) is 15.9. The fourth-order valence-electron chi connectivity index (χ4n) is 3.27. The topological polar surface area (TPSA) is 97.1 Å². The molecule has 3 rings (SSSR count). The summed E-state index contributed by atoms with van der Waals surface area (Å²) >= 11 is 0. The summed E-state index contributed by atoms with van der Waals surface area (Å²) in [4.78, 5) is 32.4. The number of fused-ring (bicyclic) bond motifs is 3. The SMILES string of the molecule is C[C@@H]1Cc2nn3c(c2CN1C(=O)OC(C)(C)C)C(=O)N(C)OC(CO)C3. The fraction of sp³-hybridized carbons (Fsp3) is 0.706. The first-order valence-corrected chi connectivity index (χ1v) is 8.74. The highest BCUT2D eigenvalue weighted by molar-refractivity contribution is 5.94. The minimum atomic E-state index is -0.592. The number of aromatic nitrogens is 2. The number of carbonyl (C=O) groups is 2. The second-order valence-electron chi connectivity index (χ2n) is 7.83. The molecule has 2 amide bonds. The molecular weight excluding hydrogens is 340 g/mol. The minimum Gasteiger partial charge on any atom is -0.444 e. The molecule has 1 aromatic heterocycles. The average molecular weight is 366 g/mol. The van der Waals surface area contributed by atoms with Gasteiger partial charge in [-0.25, -0.2) is 9.86 Å². The monoisotopic (exact) mass is 366 g/mol. The van der Waals surface area contributed by atoms with Gasteiger partial charge >= 0.3 is 6.09 Å². The second kappa shape index (κ2) is 6.55. The number of carbonyl (C=O) groups excluding carboxylic acids is 2. The first-order chi connectivity index (χ1) is 12.1. The normalized spacial score (nSPS) is 23.4. The number of hydrogen-bond acceptors (Lipinski definition) is 6. The maximum absolute atomic E-state index is 12.7. The molecule has 9 nitrogen and oxygen atoms in total. The van der Waals surface area contributed by atoms with Gasteiger partial charge in [0.2, 0.25) is 0 Å². The van der Waals surface area contributed by atoms with Crippen LogP contribution in [0.15, 0.2) is 0 Å². The van der Waals surface area contributed by atoms with Crippen LogP contribution in [0.2, 0.25) is 0 Å². The van der Waals surface area contributed by atoms with Crippen molar-refractivity contribution in [3.05, 3.63) is 17.0 Å². The van der Waals surface area contributed by atoms with E-state index in [-0.39, 0.29) is 31.6 Å². The Morgan fingerprint density at radius 2 is 2.12 bits per heavy atom. The van der Waals surface area contributed by atoms with Gasteiger partial charge in [-0.15, -0.1) is 0 Å². The maximum Gasteiger partial charge on any atom is 0.410 e. The molecule has 1 N–H and O–H groups in total. The molecule has 2 aliphatic rings. The van der Waals surface area contributed by atoms with E-state index in [1.807, 2.05) is 27.7 Å². The van der Waals surface area contributed by atoms with Crippen molar-refractivity contribution in [2.24, 2.45) is 0 Å². The third-order valence-electron chi connectivity index (χ3n) is 4.49. The maximum atomic E-state index is 12.7. The first kappa shape index (κ1) is 18.7. The van der Waals surface area contributed by atoms with Gasteiger partial charge in [0.1, 0.15) is 17.4 Å². The fourth-order valence-corrected chi connectivity index (χ4v) is 3.27. The Bertz CT molecular complexity index is 723. The van der Waals surface area contributed by atoms with Crippen molar-refractivity contribution < 1.29 is 24.3 Å². The number of aliphatic hydroxyl groups excluding tert-OH is 1. The highest BCUT2D eigenvalue weighted by Gasteiger charge is 2.38. The Morgan fingerprint density at radius 3 is 2.73 bits per heavy atom. The lowest BCUT2D eigenvalue weighted by Crippen LogP contribution is -2.45. The molecule has 0 saturated heterocycles. The molecule has 9 heteroatoms. The van der Waals surface area contributed by atoms with Gasteiger partial charge in [0.05, 0.1) is 25.4 Å². The summed E-state index contributed by atoms with van der Waals surface area (Å²) in [5.41, 5.74) is 1.32. The van der Waals surface area contributed by atoms with Gasteiger partial charge in [0.15, 0.2) is 0 Å². The third kappa shape index (κ3) is 3.41. The van der Waals surface area contributed by atoms with Crippen molar-refractivity contribution in [2.75, 3.05) is 13.7 Å². The van der Waals surface area contributed by atoms with E-state index in [0.717, 1.165) is 10.8 Å². The lowest BCUT2D eigenvalue weighted by atomic mass is 9.99. The molecule has 0 bridgehead atoms. The Balaban J connectivity index is 1.94. The minimum absolute atomic E-state index is 0.0887. The number of hydrogen-bond donors (Lipinski definition) is 1. The summed E-state index contributed by atoms with van der Waals surface area (Å²) in [6, 6.07) is -0.0887. The van der Waals surface area contributed by atoms with Gasteiger partial charge in [0.25, 0.3) is 5.91 Å². The largest absolute Gasteiger partial charge is 0.444 e. The number of amides is 2. The predicted molar refractivity (Wildman–Crippen MR) is 91.2 cm³/mol. The number of nitrogens with zero attached hydrogens (tertiary/aromatic N) is 4. The first-order valence-electron chi connectivity index (χ1n) is 8.74. The van der Waals surface area contributed by atoms with Crippen LogP contribution >= 0.6 is 0 Å². The molecule has 0 fully saturated rings. The van der Waals surface area contributed by atoms with Crippen LogP contribution in [0.4, 0.5) is 4.79 Å². The zero-order valence-corrected chi connectivity index (χ0v) is 15.9. The van der Waals surface area contributed by atoms with Gasteiger partial charge in [-0.1, -0.05) is 0 Å². The van der Waals surface area contributed by atoms with Crippen molar-refractivity contribution >= 4 is 12.0 Å². The average Bonchev–Trinajstić information content (AvgIpc) is 2.81. The lowest BCUT2D eigenvalue weighted by molar-refractivity contribution is -0.159. The van der Waals surface area contributed by atoms with Crippen LogP contribution in [0.3, 0.4) is 0 Å². The lowest BCUT2D eigenvalue weighted by Gasteiger charge is -2.34. The molecule has 2 aliphatic heterocycles. The van der Waals surface area contributed by atoms with Crippen molar-refractivity contribution in [3.63, 3.8) is 0 Å². The van der Waals surface area contributed by atoms with Gasteiger partial charge in [-0.2, -0.15) is 5.10 Å². The van der Waals surface area contributed by atoms with Crippen LogP contribution in [0.25, 0.3) is 0 Å². The van der Waals surface area contributed by atoms with Crippen LogP contribution in [0.1, 0.15) is 49.4 Å². The van der Waals surface area contributed by atoms with E-state index in [1.165, 1.54) is 7.05 Å². The zero-order chi connectivity index (χ0) is 19.2. The van der Waals surface area contributed by atoms with E-state index in [9.17, 15) is 14.7 Å². The van der Waals surface area contributed by atoms with E-state index in [0.29, 0.717) is 17.7 Å². The Kier molecular flexibility index (Phi) is 4.70. The van der Waals surface area contributed by atoms with Crippen molar-refractivity contribution in [2.45, 2.75) is 65.0 Å². The van der Waals surface area contributed by atoms with Gasteiger partial charge in [-0.05, 0) is 27.7 Å². The standard InChI is InChI=1S/C17H26N4O5/c1-10-6-13-12(8-20(10)16(24)25-17(2,3)4)14-15(23)19(5)26-11(9-22)7-21(14)18-13/h10-11,22H,6-9H2,1-5H3/t10-,11?/m1/s1. The Morgan fingerprint density at radius 1 is 1.42 bits per heavy atom. The second-order valence-corrected chi connectivity index (χ2v) is 7.83. The predicted octanol–water partition coefficient (Wildman–Crippen LogP) is 0.943. The van der Waals surface area contributed by atoms with Crippen LogP contribution in [-0.4, -0.2) is 68.3 Å². The third-order valence-corrected chi connectivity index (χ3v) is 4.49. The molecule has 0 spiro atoms. The van der Waals surface area contributed by atoms with Gasteiger partial charge in [0, 0.05) is 25.1 Å². The molecule has 0 aliphatic carbocycles. The highest BCUT2D eigenvalue weighted by Crippen LogP contribution is 2.29. The van der Waals surface area contributed by atoms with Crippen LogP contribution in [-0.2, 0) is 29.1 Å². The van der Waals surface area contributed by atoms with Crippen molar-refractivity contribution in [3.8, 4) is 0 Å². The van der Waals surface area contributed by atoms with E-state index < -0.39 is 17.8 Å². The summed E-state index contributed by atoms with van der Waals surface area (Å²) < 4.78 is 7.08. The highest BCUT2D eigenvalue weighted by atomic mass is 16.7. The summed E-state index contributed by atoms with van der Waals surface area (Å²) in [7, 11) is 1.51. The number of rotatable bonds is 1. The number of ether oxygens (including phenoxy) is 1. The van der Waals surface area contributed by atoms with Crippen LogP contribution in [0.5, 0.6) is 0 Å². The smallest absolute Gasteiger partial charge is 0.410 e. The molecule has 3 heterocycles. The molecule has 0 aromatic carbocycles. The van der Waals surface area contributed by atoms with E-state index in [2.05, 4.69) is 5.10 Å².